The van der Waals surface area contributed by atoms with Crippen molar-refractivity contribution in [2.75, 3.05) is 13.7 Å². The van der Waals surface area contributed by atoms with E-state index in [0.29, 0.717) is 27.2 Å². The van der Waals surface area contributed by atoms with Crippen molar-refractivity contribution in [3.8, 4) is 5.75 Å². The highest BCUT2D eigenvalue weighted by molar-refractivity contribution is 9.10. The number of likely N-dealkylation sites (N-methyl/N-ethyl adjacent to an activating group) is 1. The number of hydrogen-bond acceptors (Lipinski definition) is 3. The second kappa shape index (κ2) is 10.4. The molecule has 0 saturated carbocycles. The molecule has 0 radical (unpaired) electrons. The Bertz CT molecular complexity index is 833. The van der Waals surface area contributed by atoms with Crippen LogP contribution in [0.2, 0.25) is 5.02 Å². The highest BCUT2D eigenvalue weighted by Crippen LogP contribution is 2.28. The Balaban J connectivity index is 2.19. The quantitative estimate of drug-likeness (QED) is 0.628. The summed E-state index contributed by atoms with van der Waals surface area (Å²) in [5.41, 5.74) is 0.713. The lowest BCUT2D eigenvalue weighted by molar-refractivity contribution is -0.142. The number of benzene rings is 2. The molecule has 0 spiro atoms. The van der Waals surface area contributed by atoms with Crippen LogP contribution < -0.4 is 10.1 Å². The van der Waals surface area contributed by atoms with Gasteiger partial charge in [0.2, 0.25) is 5.91 Å². The van der Waals surface area contributed by atoms with Gasteiger partial charge >= 0.3 is 0 Å². The zero-order valence-corrected chi connectivity index (χ0v) is 17.9. The first-order chi connectivity index (χ1) is 13.3. The SMILES string of the molecule is CC[C@H](C(=O)NC)N(Cc1ccc(F)cc1)C(=O)COc1ccc(Cl)cc1Br. The van der Waals surface area contributed by atoms with Gasteiger partial charge in [0.25, 0.3) is 5.91 Å². The average Bonchev–Trinajstić information content (AvgIpc) is 2.68. The van der Waals surface area contributed by atoms with Crippen LogP contribution in [0.5, 0.6) is 5.75 Å². The molecule has 0 aromatic heterocycles. The van der Waals surface area contributed by atoms with E-state index in [1.165, 1.54) is 24.1 Å². The van der Waals surface area contributed by atoms with E-state index in [1.807, 2.05) is 6.92 Å². The number of carbonyl (C=O) groups excluding carboxylic acids is 2. The molecule has 0 aliphatic carbocycles. The monoisotopic (exact) mass is 470 g/mol. The van der Waals surface area contributed by atoms with Crippen molar-refractivity contribution in [3.05, 3.63) is 63.3 Å². The van der Waals surface area contributed by atoms with E-state index in [-0.39, 0.29) is 30.8 Å². The minimum atomic E-state index is -0.667. The Hall–Kier alpha value is -2.12. The summed E-state index contributed by atoms with van der Waals surface area (Å²) in [6.45, 7) is 1.73. The molecule has 8 heteroatoms. The fourth-order valence-corrected chi connectivity index (χ4v) is 3.48. The van der Waals surface area contributed by atoms with Gasteiger partial charge in [-0.25, -0.2) is 4.39 Å². The van der Waals surface area contributed by atoms with Crippen LogP contribution in [0.4, 0.5) is 4.39 Å². The fourth-order valence-electron chi connectivity index (χ4n) is 2.69. The molecule has 0 aliphatic rings. The molecular weight excluding hydrogens is 451 g/mol. The zero-order valence-electron chi connectivity index (χ0n) is 15.5. The average molecular weight is 472 g/mol. The van der Waals surface area contributed by atoms with Crippen molar-refractivity contribution in [2.24, 2.45) is 0 Å². The second-order valence-electron chi connectivity index (χ2n) is 6.05. The largest absolute Gasteiger partial charge is 0.483 e. The molecule has 0 aliphatic heterocycles. The summed E-state index contributed by atoms with van der Waals surface area (Å²) >= 11 is 9.25. The summed E-state index contributed by atoms with van der Waals surface area (Å²) < 4.78 is 19.4. The number of carbonyl (C=O) groups is 2. The molecule has 0 fully saturated rings. The van der Waals surface area contributed by atoms with E-state index in [0.717, 1.165) is 0 Å². The molecule has 0 heterocycles. The standard InChI is InChI=1S/C20H21BrClFN2O3/c1-3-17(20(27)24-2)25(11-13-4-7-15(23)8-5-13)19(26)12-28-18-9-6-14(22)10-16(18)21/h4-10,17H,3,11-12H2,1-2H3,(H,24,27)/t17-/m1/s1. The maximum Gasteiger partial charge on any atom is 0.261 e. The maximum atomic E-state index is 13.2. The molecule has 1 N–H and O–H groups in total. The van der Waals surface area contributed by atoms with E-state index in [4.69, 9.17) is 16.3 Å². The zero-order chi connectivity index (χ0) is 20.7. The van der Waals surface area contributed by atoms with Crippen LogP contribution in [0.1, 0.15) is 18.9 Å². The lowest BCUT2D eigenvalue weighted by atomic mass is 10.1. The van der Waals surface area contributed by atoms with Gasteiger partial charge in [-0.2, -0.15) is 0 Å². The van der Waals surface area contributed by atoms with Crippen molar-refractivity contribution >= 4 is 39.3 Å². The lowest BCUT2D eigenvalue weighted by Gasteiger charge is -2.30. The van der Waals surface area contributed by atoms with Gasteiger partial charge in [0, 0.05) is 18.6 Å². The molecule has 28 heavy (non-hydrogen) atoms. The van der Waals surface area contributed by atoms with Gasteiger partial charge in [0.05, 0.1) is 4.47 Å². The number of amides is 2. The first-order valence-electron chi connectivity index (χ1n) is 8.69. The van der Waals surface area contributed by atoms with Crippen molar-refractivity contribution in [1.82, 2.24) is 10.2 Å². The Labute approximate surface area is 176 Å². The lowest BCUT2D eigenvalue weighted by Crippen LogP contribution is -2.49. The Morgan fingerprint density at radius 1 is 1.25 bits per heavy atom. The fraction of sp³-hybridized carbons (Fsp3) is 0.300. The topological polar surface area (TPSA) is 58.6 Å². The highest BCUT2D eigenvalue weighted by atomic mass is 79.9. The number of nitrogens with zero attached hydrogens (tertiary/aromatic N) is 1. The number of nitrogens with one attached hydrogen (secondary N) is 1. The Morgan fingerprint density at radius 3 is 2.50 bits per heavy atom. The summed E-state index contributed by atoms with van der Waals surface area (Å²) in [4.78, 5) is 26.6. The number of hydrogen-bond donors (Lipinski definition) is 1. The van der Waals surface area contributed by atoms with Crippen LogP contribution >= 0.6 is 27.5 Å². The summed E-state index contributed by atoms with van der Waals surface area (Å²) in [5.74, 6) is -0.532. The molecule has 0 bridgehead atoms. The van der Waals surface area contributed by atoms with Crippen LogP contribution in [0.25, 0.3) is 0 Å². The third-order valence-corrected chi connectivity index (χ3v) is 5.00. The third-order valence-electron chi connectivity index (χ3n) is 4.14. The molecule has 150 valence electrons. The van der Waals surface area contributed by atoms with Crippen molar-refractivity contribution in [2.45, 2.75) is 25.9 Å². The third kappa shape index (κ3) is 5.94. The van der Waals surface area contributed by atoms with E-state index in [2.05, 4.69) is 21.2 Å². The minimum Gasteiger partial charge on any atom is -0.483 e. The number of ether oxygens (including phenoxy) is 1. The molecule has 2 aromatic carbocycles. The summed E-state index contributed by atoms with van der Waals surface area (Å²) in [6.07, 6.45) is 0.428. The molecule has 1 atom stereocenters. The normalized spacial score (nSPS) is 11.6. The van der Waals surface area contributed by atoms with E-state index in [9.17, 15) is 14.0 Å². The van der Waals surface area contributed by atoms with Crippen LogP contribution in [-0.2, 0) is 16.1 Å². The van der Waals surface area contributed by atoms with Crippen LogP contribution in [0.3, 0.4) is 0 Å². The molecule has 2 amide bonds. The van der Waals surface area contributed by atoms with Gasteiger partial charge in [-0.15, -0.1) is 0 Å². The predicted molar refractivity (Wildman–Crippen MR) is 110 cm³/mol. The number of halogens is 3. The Morgan fingerprint density at radius 2 is 1.93 bits per heavy atom. The molecule has 2 aromatic rings. The molecule has 0 unspecified atom stereocenters. The van der Waals surface area contributed by atoms with Gasteiger partial charge in [-0.05, 0) is 58.2 Å². The van der Waals surface area contributed by atoms with Crippen LogP contribution in [0, 0.1) is 5.82 Å². The summed E-state index contributed by atoms with van der Waals surface area (Å²) in [5, 5.41) is 3.12. The van der Waals surface area contributed by atoms with Crippen molar-refractivity contribution < 1.29 is 18.7 Å². The van der Waals surface area contributed by atoms with Crippen molar-refractivity contribution in [3.63, 3.8) is 0 Å². The van der Waals surface area contributed by atoms with Gasteiger partial charge < -0.3 is 15.0 Å². The molecule has 0 saturated heterocycles. The predicted octanol–water partition coefficient (Wildman–Crippen LogP) is 4.17. The van der Waals surface area contributed by atoms with E-state index < -0.39 is 6.04 Å². The first-order valence-corrected chi connectivity index (χ1v) is 9.86. The van der Waals surface area contributed by atoms with Gasteiger partial charge in [0.15, 0.2) is 6.61 Å². The minimum absolute atomic E-state index is 0.163. The van der Waals surface area contributed by atoms with Gasteiger partial charge in [0.1, 0.15) is 17.6 Å². The molecular formula is C20H21BrClFN2O3. The van der Waals surface area contributed by atoms with Crippen LogP contribution in [-0.4, -0.2) is 36.4 Å². The van der Waals surface area contributed by atoms with Gasteiger partial charge in [-0.1, -0.05) is 30.7 Å². The smallest absolute Gasteiger partial charge is 0.261 e. The summed E-state index contributed by atoms with van der Waals surface area (Å²) in [6, 6.07) is 10.1. The van der Waals surface area contributed by atoms with E-state index >= 15 is 0 Å². The molecule has 2 rings (SSSR count). The Kier molecular flexibility index (Phi) is 8.26. The maximum absolute atomic E-state index is 13.2. The number of rotatable bonds is 8. The second-order valence-corrected chi connectivity index (χ2v) is 7.34. The van der Waals surface area contributed by atoms with Gasteiger partial charge in [-0.3, -0.25) is 9.59 Å². The van der Waals surface area contributed by atoms with Crippen molar-refractivity contribution in [1.29, 1.82) is 0 Å². The van der Waals surface area contributed by atoms with E-state index in [1.54, 1.807) is 30.3 Å². The van der Waals surface area contributed by atoms with Crippen LogP contribution in [0.15, 0.2) is 46.9 Å². The molecule has 5 nitrogen and oxygen atoms in total. The summed E-state index contributed by atoms with van der Waals surface area (Å²) in [7, 11) is 1.52. The highest BCUT2D eigenvalue weighted by Gasteiger charge is 2.28. The first kappa shape index (κ1) is 22.2.